The Morgan fingerprint density at radius 3 is 2.46 bits per heavy atom. The highest BCUT2D eigenvalue weighted by atomic mass is 16.5. The van der Waals surface area contributed by atoms with Gasteiger partial charge in [-0.1, -0.05) is 51.1 Å². The molecule has 0 aromatic heterocycles. The molecule has 2 aromatic carbocycles. The average molecular weight is 328 g/mol. The smallest absolute Gasteiger partial charge is 0.345 e. The fraction of sp³-hybridized carbons (Fsp3) is 0.350. The number of carbonyl (C=O) groups is 1. The second kappa shape index (κ2) is 7.39. The van der Waals surface area contributed by atoms with Crippen molar-refractivity contribution < 1.29 is 19.4 Å². The Hall–Kier alpha value is -2.49. The molecule has 4 nitrogen and oxygen atoms in total. The second-order valence-electron chi connectivity index (χ2n) is 6.75. The summed E-state index contributed by atoms with van der Waals surface area (Å²) in [5, 5.41) is 9.56. The standard InChI is InChI=1S/C20H24O4/c1-20(2,3)16-10-5-6-11-17(16)24-18(19(21)22)13-14-8-7-9-15(12-14)23-4/h5-12,18H,13H2,1-4H3,(H,21,22)/t18-/m1/s1. The first-order valence-electron chi connectivity index (χ1n) is 7.93. The first-order valence-corrected chi connectivity index (χ1v) is 7.93. The van der Waals surface area contributed by atoms with Crippen LogP contribution in [0, 0.1) is 0 Å². The van der Waals surface area contributed by atoms with Crippen molar-refractivity contribution in [3.63, 3.8) is 0 Å². The number of carboxylic acid groups (broad SMARTS) is 1. The van der Waals surface area contributed by atoms with Crippen molar-refractivity contribution in [1.29, 1.82) is 0 Å². The largest absolute Gasteiger partial charge is 0.497 e. The van der Waals surface area contributed by atoms with E-state index in [-0.39, 0.29) is 11.8 Å². The maximum absolute atomic E-state index is 11.7. The number of methoxy groups -OCH3 is 1. The van der Waals surface area contributed by atoms with E-state index in [4.69, 9.17) is 9.47 Å². The molecule has 0 amide bonds. The number of para-hydroxylation sites is 1. The Bertz CT molecular complexity index is 701. The van der Waals surface area contributed by atoms with Crippen LogP contribution in [-0.2, 0) is 16.6 Å². The van der Waals surface area contributed by atoms with Crippen LogP contribution in [0.1, 0.15) is 31.9 Å². The number of rotatable bonds is 6. The van der Waals surface area contributed by atoms with E-state index in [0.717, 1.165) is 11.1 Å². The van der Waals surface area contributed by atoms with E-state index in [2.05, 4.69) is 20.8 Å². The molecular weight excluding hydrogens is 304 g/mol. The molecule has 0 bridgehead atoms. The van der Waals surface area contributed by atoms with Crippen molar-refractivity contribution in [2.24, 2.45) is 0 Å². The molecule has 0 spiro atoms. The molecule has 1 atom stereocenters. The van der Waals surface area contributed by atoms with Crippen LogP contribution in [0.4, 0.5) is 0 Å². The summed E-state index contributed by atoms with van der Waals surface area (Å²) in [7, 11) is 1.59. The summed E-state index contributed by atoms with van der Waals surface area (Å²) >= 11 is 0. The number of ether oxygens (including phenoxy) is 2. The third-order valence-corrected chi connectivity index (χ3v) is 3.79. The third kappa shape index (κ3) is 4.51. The lowest BCUT2D eigenvalue weighted by atomic mass is 9.86. The molecule has 0 saturated carbocycles. The van der Waals surface area contributed by atoms with Crippen molar-refractivity contribution in [2.45, 2.75) is 38.7 Å². The molecule has 128 valence electrons. The Labute approximate surface area is 143 Å². The molecular formula is C20H24O4. The lowest BCUT2D eigenvalue weighted by Crippen LogP contribution is -2.30. The predicted octanol–water partition coefficient (Wildman–Crippen LogP) is 4.07. The molecule has 0 aliphatic rings. The molecule has 0 aliphatic carbocycles. The zero-order valence-corrected chi connectivity index (χ0v) is 14.6. The van der Waals surface area contributed by atoms with Gasteiger partial charge in [0.2, 0.25) is 0 Å². The fourth-order valence-electron chi connectivity index (χ4n) is 2.54. The van der Waals surface area contributed by atoms with Gasteiger partial charge in [-0.3, -0.25) is 0 Å². The van der Waals surface area contributed by atoms with Crippen LogP contribution >= 0.6 is 0 Å². The maximum atomic E-state index is 11.7. The van der Waals surface area contributed by atoms with Crippen molar-refractivity contribution in [3.8, 4) is 11.5 Å². The van der Waals surface area contributed by atoms with E-state index < -0.39 is 12.1 Å². The van der Waals surface area contributed by atoms with Crippen LogP contribution in [0.3, 0.4) is 0 Å². The van der Waals surface area contributed by atoms with Crippen LogP contribution in [0.2, 0.25) is 0 Å². The summed E-state index contributed by atoms with van der Waals surface area (Å²) in [5.41, 5.74) is 1.71. The van der Waals surface area contributed by atoms with E-state index in [1.807, 2.05) is 48.5 Å². The zero-order valence-electron chi connectivity index (χ0n) is 14.6. The van der Waals surface area contributed by atoms with Gasteiger partial charge in [0, 0.05) is 6.42 Å². The summed E-state index contributed by atoms with van der Waals surface area (Å²) in [6.45, 7) is 6.23. The van der Waals surface area contributed by atoms with Gasteiger partial charge in [0.15, 0.2) is 6.10 Å². The maximum Gasteiger partial charge on any atom is 0.345 e. The lowest BCUT2D eigenvalue weighted by molar-refractivity contribution is -0.145. The van der Waals surface area contributed by atoms with Crippen LogP contribution in [0.5, 0.6) is 11.5 Å². The Balaban J connectivity index is 2.25. The van der Waals surface area contributed by atoms with Crippen molar-refractivity contribution in [2.75, 3.05) is 7.11 Å². The average Bonchev–Trinajstić information content (AvgIpc) is 2.54. The minimum atomic E-state index is -0.985. The molecule has 0 aliphatic heterocycles. The highest BCUT2D eigenvalue weighted by molar-refractivity contribution is 5.73. The monoisotopic (exact) mass is 328 g/mol. The normalized spacial score (nSPS) is 12.5. The summed E-state index contributed by atoms with van der Waals surface area (Å²) in [4.78, 5) is 11.7. The molecule has 4 heteroatoms. The molecule has 0 unspecified atom stereocenters. The topological polar surface area (TPSA) is 55.8 Å². The Kier molecular flexibility index (Phi) is 5.50. The zero-order chi connectivity index (χ0) is 17.7. The van der Waals surface area contributed by atoms with Gasteiger partial charge < -0.3 is 14.6 Å². The minimum Gasteiger partial charge on any atom is -0.497 e. The molecule has 2 aromatic rings. The van der Waals surface area contributed by atoms with Gasteiger partial charge in [0.1, 0.15) is 11.5 Å². The van der Waals surface area contributed by atoms with Crippen LogP contribution < -0.4 is 9.47 Å². The number of hydrogen-bond donors (Lipinski definition) is 1. The lowest BCUT2D eigenvalue weighted by Gasteiger charge is -2.25. The quantitative estimate of drug-likeness (QED) is 0.868. The van der Waals surface area contributed by atoms with Gasteiger partial charge in [-0.25, -0.2) is 4.79 Å². The van der Waals surface area contributed by atoms with Gasteiger partial charge in [-0.15, -0.1) is 0 Å². The second-order valence-corrected chi connectivity index (χ2v) is 6.75. The van der Waals surface area contributed by atoms with Crippen molar-refractivity contribution in [1.82, 2.24) is 0 Å². The summed E-state index contributed by atoms with van der Waals surface area (Å²) < 4.78 is 11.1. The van der Waals surface area contributed by atoms with E-state index in [1.54, 1.807) is 7.11 Å². The van der Waals surface area contributed by atoms with E-state index >= 15 is 0 Å². The molecule has 0 saturated heterocycles. The van der Waals surface area contributed by atoms with Crippen LogP contribution in [0.25, 0.3) is 0 Å². The number of aliphatic carboxylic acids is 1. The third-order valence-electron chi connectivity index (χ3n) is 3.79. The fourth-order valence-corrected chi connectivity index (χ4v) is 2.54. The molecule has 24 heavy (non-hydrogen) atoms. The molecule has 0 heterocycles. The minimum absolute atomic E-state index is 0.129. The number of carboxylic acids is 1. The molecule has 0 fully saturated rings. The van der Waals surface area contributed by atoms with Crippen LogP contribution in [0.15, 0.2) is 48.5 Å². The van der Waals surface area contributed by atoms with Gasteiger partial charge in [0.05, 0.1) is 7.11 Å². The predicted molar refractivity (Wildman–Crippen MR) is 93.9 cm³/mol. The van der Waals surface area contributed by atoms with E-state index in [9.17, 15) is 9.90 Å². The highest BCUT2D eigenvalue weighted by Crippen LogP contribution is 2.32. The van der Waals surface area contributed by atoms with Gasteiger partial charge >= 0.3 is 5.97 Å². The Morgan fingerprint density at radius 1 is 1.12 bits per heavy atom. The SMILES string of the molecule is COc1cccc(C[C@@H](Oc2ccccc2C(C)(C)C)C(=O)O)c1. The molecule has 1 N–H and O–H groups in total. The van der Waals surface area contributed by atoms with Gasteiger partial charge in [-0.05, 0) is 34.7 Å². The van der Waals surface area contributed by atoms with E-state index in [0.29, 0.717) is 11.5 Å². The first-order chi connectivity index (χ1) is 11.3. The molecule has 2 rings (SSSR count). The van der Waals surface area contributed by atoms with Gasteiger partial charge in [0.25, 0.3) is 0 Å². The number of hydrogen-bond acceptors (Lipinski definition) is 3. The highest BCUT2D eigenvalue weighted by Gasteiger charge is 2.24. The van der Waals surface area contributed by atoms with Gasteiger partial charge in [-0.2, -0.15) is 0 Å². The van der Waals surface area contributed by atoms with E-state index in [1.165, 1.54) is 0 Å². The van der Waals surface area contributed by atoms with Crippen LogP contribution in [-0.4, -0.2) is 24.3 Å². The Morgan fingerprint density at radius 2 is 1.83 bits per heavy atom. The summed E-state index contributed by atoms with van der Waals surface area (Å²) in [6.07, 6.45) is -0.689. The first kappa shape index (κ1) is 17.9. The molecule has 0 radical (unpaired) electrons. The summed E-state index contributed by atoms with van der Waals surface area (Å²) in [5.74, 6) is 0.327. The number of benzene rings is 2. The van der Waals surface area contributed by atoms with Crippen molar-refractivity contribution in [3.05, 3.63) is 59.7 Å². The summed E-state index contributed by atoms with van der Waals surface area (Å²) in [6, 6.07) is 15.0. The van der Waals surface area contributed by atoms with Crippen molar-refractivity contribution >= 4 is 5.97 Å².